The summed E-state index contributed by atoms with van der Waals surface area (Å²) < 4.78 is 3.93. The lowest BCUT2D eigenvalue weighted by atomic mass is 10.0. The molecule has 4 aromatic rings. The number of para-hydroxylation sites is 1. The number of rotatable bonds is 10. The van der Waals surface area contributed by atoms with Crippen LogP contribution < -0.4 is 5.69 Å². The Bertz CT molecular complexity index is 1190. The average molecular weight is 439 g/mol. The van der Waals surface area contributed by atoms with Gasteiger partial charge in [-0.2, -0.15) is 0 Å². The van der Waals surface area contributed by atoms with Gasteiger partial charge in [-0.05, 0) is 25.5 Å². The van der Waals surface area contributed by atoms with E-state index in [1.54, 1.807) is 0 Å². The van der Waals surface area contributed by atoms with Gasteiger partial charge in [0.25, 0.3) is 0 Å². The minimum Gasteiger partial charge on any atom is -0.288 e. The van der Waals surface area contributed by atoms with Crippen molar-refractivity contribution in [2.24, 2.45) is 0 Å². The predicted molar refractivity (Wildman–Crippen MR) is 139 cm³/mol. The van der Waals surface area contributed by atoms with Crippen molar-refractivity contribution in [3.8, 4) is 28.2 Å². The molecule has 3 nitrogen and oxygen atoms in total. The van der Waals surface area contributed by atoms with E-state index in [4.69, 9.17) is 0 Å². The lowest BCUT2D eigenvalue weighted by Gasteiger charge is -2.17. The number of hydrogen-bond donors (Lipinski definition) is 0. The van der Waals surface area contributed by atoms with Crippen molar-refractivity contribution >= 4 is 0 Å². The molecule has 0 radical (unpaired) electrons. The molecule has 0 aliphatic carbocycles. The fraction of sp³-hybridized carbons (Fsp3) is 0.300. The zero-order valence-electron chi connectivity index (χ0n) is 19.8. The van der Waals surface area contributed by atoms with E-state index in [-0.39, 0.29) is 11.7 Å². The van der Waals surface area contributed by atoms with Crippen LogP contribution in [0.25, 0.3) is 28.2 Å². The number of aromatic nitrogens is 2. The van der Waals surface area contributed by atoms with Crippen LogP contribution in [-0.2, 0) is 0 Å². The molecule has 0 amide bonds. The van der Waals surface area contributed by atoms with E-state index in [0.29, 0.717) is 0 Å². The van der Waals surface area contributed by atoms with Crippen LogP contribution in [-0.4, -0.2) is 9.13 Å². The minimum absolute atomic E-state index is 0.0277. The number of unbranched alkanes of at least 4 members (excludes halogenated alkanes) is 4. The summed E-state index contributed by atoms with van der Waals surface area (Å²) in [5, 5.41) is 0. The smallest absolute Gasteiger partial charge is 0.288 e. The van der Waals surface area contributed by atoms with Crippen molar-refractivity contribution in [1.29, 1.82) is 0 Å². The van der Waals surface area contributed by atoms with Crippen LogP contribution in [0.4, 0.5) is 0 Å². The number of imidazole rings is 1. The molecular formula is C30H34N2O. The largest absolute Gasteiger partial charge is 0.334 e. The SMILES string of the molecule is CCCCCCCC(C)n1c(-c2ccccc2)c(-c2ccccc2)n(-c2ccccc2)c1=O. The molecule has 1 unspecified atom stereocenters. The van der Waals surface area contributed by atoms with Gasteiger partial charge in [0.15, 0.2) is 0 Å². The van der Waals surface area contributed by atoms with Gasteiger partial charge in [-0.15, -0.1) is 0 Å². The Labute approximate surface area is 197 Å². The van der Waals surface area contributed by atoms with Gasteiger partial charge in [0.1, 0.15) is 0 Å². The summed E-state index contributed by atoms with van der Waals surface area (Å²) in [6, 6.07) is 30.8. The number of nitrogens with zero attached hydrogens (tertiary/aromatic N) is 2. The molecule has 1 aromatic heterocycles. The van der Waals surface area contributed by atoms with Crippen molar-refractivity contribution in [2.45, 2.75) is 58.4 Å². The number of hydrogen-bond acceptors (Lipinski definition) is 1. The maximum absolute atomic E-state index is 14.1. The van der Waals surface area contributed by atoms with Gasteiger partial charge in [0.05, 0.1) is 17.1 Å². The Morgan fingerprint density at radius 1 is 0.667 bits per heavy atom. The summed E-state index contributed by atoms with van der Waals surface area (Å²) in [5.41, 5.74) is 4.99. The summed E-state index contributed by atoms with van der Waals surface area (Å²) in [6.07, 6.45) is 7.15. The normalized spacial score (nSPS) is 12.1. The van der Waals surface area contributed by atoms with E-state index in [1.807, 2.05) is 75.9 Å². The van der Waals surface area contributed by atoms with Gasteiger partial charge in [0, 0.05) is 17.2 Å². The quantitative estimate of drug-likeness (QED) is 0.231. The first-order chi connectivity index (χ1) is 16.2. The van der Waals surface area contributed by atoms with E-state index >= 15 is 0 Å². The molecule has 33 heavy (non-hydrogen) atoms. The van der Waals surface area contributed by atoms with Crippen molar-refractivity contribution < 1.29 is 0 Å². The Morgan fingerprint density at radius 2 is 1.18 bits per heavy atom. The summed E-state index contributed by atoms with van der Waals surface area (Å²) in [4.78, 5) is 14.1. The van der Waals surface area contributed by atoms with Crippen LogP contribution in [0.2, 0.25) is 0 Å². The molecule has 0 saturated heterocycles. The van der Waals surface area contributed by atoms with Crippen LogP contribution in [0.1, 0.15) is 58.4 Å². The fourth-order valence-electron chi connectivity index (χ4n) is 4.65. The van der Waals surface area contributed by atoms with Gasteiger partial charge >= 0.3 is 5.69 Å². The summed E-state index contributed by atoms with van der Waals surface area (Å²) >= 11 is 0. The van der Waals surface area contributed by atoms with Crippen molar-refractivity contribution in [3.05, 3.63) is 101 Å². The van der Waals surface area contributed by atoms with E-state index in [9.17, 15) is 4.79 Å². The summed E-state index contributed by atoms with van der Waals surface area (Å²) in [6.45, 7) is 4.43. The molecule has 0 bridgehead atoms. The van der Waals surface area contributed by atoms with Crippen LogP contribution in [0, 0.1) is 0 Å². The van der Waals surface area contributed by atoms with E-state index < -0.39 is 0 Å². The molecule has 1 atom stereocenters. The average Bonchev–Trinajstić information content (AvgIpc) is 3.18. The molecule has 1 heterocycles. The van der Waals surface area contributed by atoms with Crippen LogP contribution in [0.5, 0.6) is 0 Å². The van der Waals surface area contributed by atoms with E-state index in [1.165, 1.54) is 25.7 Å². The third kappa shape index (κ3) is 5.03. The Kier molecular flexibility index (Phi) is 7.62. The second-order valence-corrected chi connectivity index (χ2v) is 8.80. The number of benzene rings is 3. The highest BCUT2D eigenvalue weighted by molar-refractivity contribution is 5.80. The van der Waals surface area contributed by atoms with E-state index in [0.717, 1.165) is 41.0 Å². The maximum Gasteiger partial charge on any atom is 0.334 e. The topological polar surface area (TPSA) is 26.9 Å². The molecule has 0 saturated carbocycles. The minimum atomic E-state index is 0.0277. The maximum atomic E-state index is 14.1. The molecule has 0 aliphatic rings. The first-order valence-electron chi connectivity index (χ1n) is 12.3. The van der Waals surface area contributed by atoms with Crippen molar-refractivity contribution in [2.75, 3.05) is 0 Å². The zero-order chi connectivity index (χ0) is 23.0. The molecule has 0 spiro atoms. The van der Waals surface area contributed by atoms with Gasteiger partial charge in [-0.3, -0.25) is 9.13 Å². The standard InChI is InChI=1S/C30H34N2O/c1-3-4-5-6-10-17-24(2)31-28(25-18-11-7-12-19-25)29(26-20-13-8-14-21-26)32(30(31)33)27-22-15-9-16-23-27/h7-9,11-16,18-24H,3-6,10,17H2,1-2H3. The fourth-order valence-corrected chi connectivity index (χ4v) is 4.65. The Balaban J connectivity index is 1.91. The first-order valence-corrected chi connectivity index (χ1v) is 12.3. The van der Waals surface area contributed by atoms with Crippen molar-refractivity contribution in [1.82, 2.24) is 9.13 Å². The second kappa shape index (κ2) is 11.0. The van der Waals surface area contributed by atoms with Crippen LogP contribution in [0.3, 0.4) is 0 Å². The van der Waals surface area contributed by atoms with Crippen LogP contribution in [0.15, 0.2) is 95.8 Å². The lowest BCUT2D eigenvalue weighted by Crippen LogP contribution is -2.26. The Morgan fingerprint density at radius 3 is 1.76 bits per heavy atom. The van der Waals surface area contributed by atoms with E-state index in [2.05, 4.69) is 38.1 Å². The highest BCUT2D eigenvalue weighted by Crippen LogP contribution is 2.35. The Hall–Kier alpha value is -3.33. The molecule has 3 aromatic carbocycles. The highest BCUT2D eigenvalue weighted by atomic mass is 16.1. The summed E-state index contributed by atoms with van der Waals surface area (Å²) in [5.74, 6) is 0. The van der Waals surface area contributed by atoms with Gasteiger partial charge in [-0.1, -0.05) is 118 Å². The molecule has 170 valence electrons. The first kappa shape index (κ1) is 22.8. The van der Waals surface area contributed by atoms with Gasteiger partial charge in [-0.25, -0.2) is 4.79 Å². The summed E-state index contributed by atoms with van der Waals surface area (Å²) in [7, 11) is 0. The predicted octanol–water partition coefficient (Wildman–Crippen LogP) is 7.89. The molecule has 0 aliphatic heterocycles. The molecule has 0 N–H and O–H groups in total. The van der Waals surface area contributed by atoms with Crippen LogP contribution >= 0.6 is 0 Å². The third-order valence-corrected chi connectivity index (χ3v) is 6.36. The van der Waals surface area contributed by atoms with Crippen molar-refractivity contribution in [3.63, 3.8) is 0 Å². The zero-order valence-corrected chi connectivity index (χ0v) is 19.8. The molecule has 0 fully saturated rings. The molecule has 4 rings (SSSR count). The third-order valence-electron chi connectivity index (χ3n) is 6.36. The second-order valence-electron chi connectivity index (χ2n) is 8.80. The van der Waals surface area contributed by atoms with Gasteiger partial charge < -0.3 is 0 Å². The molecule has 3 heteroatoms. The van der Waals surface area contributed by atoms with Gasteiger partial charge in [0.2, 0.25) is 0 Å². The molecular weight excluding hydrogens is 404 g/mol. The highest BCUT2D eigenvalue weighted by Gasteiger charge is 2.25. The lowest BCUT2D eigenvalue weighted by molar-refractivity contribution is 0.461. The monoisotopic (exact) mass is 438 g/mol.